The highest BCUT2D eigenvalue weighted by Gasteiger charge is 2.48. The number of rotatable bonds is 4. The van der Waals surface area contributed by atoms with Crippen LogP contribution in [0.3, 0.4) is 0 Å². The molecule has 0 fully saturated rings. The number of pyridine rings is 1. The Hall–Kier alpha value is -4.39. The minimum atomic E-state index is -1.62. The highest BCUT2D eigenvalue weighted by Crippen LogP contribution is 2.41. The number of nitrogens with one attached hydrogen (secondary N) is 1. The zero-order valence-electron chi connectivity index (χ0n) is 19.1. The lowest BCUT2D eigenvalue weighted by Crippen LogP contribution is -2.42. The molecule has 2 heterocycles. The number of imidazole rings is 1. The van der Waals surface area contributed by atoms with Gasteiger partial charge in [-0.2, -0.15) is 9.99 Å². The molecule has 1 atom stereocenters. The number of hydrogen-bond acceptors (Lipinski definition) is 5. The van der Waals surface area contributed by atoms with E-state index in [-0.39, 0.29) is 17.9 Å². The maximum absolute atomic E-state index is 13.2. The Bertz CT molecular complexity index is 1540. The summed E-state index contributed by atoms with van der Waals surface area (Å²) < 4.78 is 0.637. The van der Waals surface area contributed by atoms with Gasteiger partial charge in [0.1, 0.15) is 5.82 Å². The summed E-state index contributed by atoms with van der Waals surface area (Å²) in [6, 6.07) is 15.6. The van der Waals surface area contributed by atoms with Gasteiger partial charge in [0.15, 0.2) is 6.20 Å². The average Bonchev–Trinajstić information content (AvgIpc) is 3.50. The molecule has 0 radical (unpaired) electrons. The highest BCUT2D eigenvalue weighted by atomic mass is 35.5. The molecule has 3 N–H and O–H groups in total. The first kappa shape index (κ1) is 23.4. The monoisotopic (exact) mass is 501 g/mol. The Labute approximate surface area is 211 Å². The maximum Gasteiger partial charge on any atom is 0.411 e. The smallest absolute Gasteiger partial charge is 0.411 e. The summed E-state index contributed by atoms with van der Waals surface area (Å²) in [5, 5.41) is 43.8. The predicted molar refractivity (Wildman–Crippen MR) is 132 cm³/mol. The molecular formula is C26H20ClN5O4. The van der Waals surface area contributed by atoms with Crippen molar-refractivity contribution in [2.24, 2.45) is 0 Å². The van der Waals surface area contributed by atoms with E-state index in [1.807, 2.05) is 0 Å². The lowest BCUT2D eigenvalue weighted by atomic mass is 9.97. The predicted octanol–water partition coefficient (Wildman–Crippen LogP) is 4.20. The van der Waals surface area contributed by atoms with E-state index in [1.54, 1.807) is 54.7 Å². The molecule has 4 aromatic rings. The molecule has 0 aliphatic heterocycles. The standard InChI is InChI=1S/C26H20ClN5O4/c1-31(25(33)34)20-6-3-15(4-7-20)22-13-29-24(30-22)26(35)9-8-16-10-18(14-32(36)23(16)26)21-11-19(27)5-2-17(21)12-28/h2-7,10-11,13-14,35H,8-9H2,1H3,(H,29,30)(H,33,34). The SMILES string of the molecule is CN(C(=O)O)c1ccc(-c2cnc(C3(O)CCc4cc(-c5cc(Cl)ccc5C#N)c[n+]([O-])c43)[nH]2)cc1. The van der Waals surface area contributed by atoms with Gasteiger partial charge >= 0.3 is 6.09 Å². The second-order valence-corrected chi connectivity index (χ2v) is 9.06. The summed E-state index contributed by atoms with van der Waals surface area (Å²) in [6.45, 7) is 0. The maximum atomic E-state index is 13.2. The largest absolute Gasteiger partial charge is 0.618 e. The van der Waals surface area contributed by atoms with Crippen molar-refractivity contribution in [2.45, 2.75) is 18.4 Å². The van der Waals surface area contributed by atoms with Crippen LogP contribution in [0.2, 0.25) is 5.02 Å². The summed E-state index contributed by atoms with van der Waals surface area (Å²) in [6.07, 6.45) is 2.53. The number of anilines is 1. The van der Waals surface area contributed by atoms with Crippen molar-refractivity contribution in [3.63, 3.8) is 0 Å². The van der Waals surface area contributed by atoms with Crippen LogP contribution >= 0.6 is 11.6 Å². The van der Waals surface area contributed by atoms with Crippen LogP contribution in [0.15, 0.2) is 60.9 Å². The van der Waals surface area contributed by atoms with Crippen molar-refractivity contribution in [3.8, 4) is 28.5 Å². The van der Waals surface area contributed by atoms with Crippen LogP contribution in [0.1, 0.15) is 29.1 Å². The van der Waals surface area contributed by atoms with Crippen LogP contribution in [-0.4, -0.2) is 33.3 Å². The molecule has 0 bridgehead atoms. The number of fused-ring (bicyclic) bond motifs is 1. The van der Waals surface area contributed by atoms with Gasteiger partial charge in [-0.25, -0.2) is 9.78 Å². The number of amides is 1. The average molecular weight is 502 g/mol. The number of nitriles is 1. The van der Waals surface area contributed by atoms with Crippen LogP contribution in [-0.2, 0) is 12.0 Å². The normalized spacial score (nSPS) is 16.4. The van der Waals surface area contributed by atoms with Crippen molar-refractivity contribution < 1.29 is 19.7 Å². The van der Waals surface area contributed by atoms with Crippen LogP contribution < -0.4 is 9.63 Å². The number of H-pyrrole nitrogens is 1. The number of carbonyl (C=O) groups is 1. The summed E-state index contributed by atoms with van der Waals surface area (Å²) >= 11 is 6.12. The number of hydrogen-bond donors (Lipinski definition) is 3. The molecule has 1 amide bonds. The molecule has 0 saturated heterocycles. The first-order valence-electron chi connectivity index (χ1n) is 11.0. The number of aromatic nitrogens is 3. The molecule has 9 nitrogen and oxygen atoms in total. The van der Waals surface area contributed by atoms with Gasteiger partial charge in [0.25, 0.3) is 0 Å². The number of aliphatic hydroxyl groups is 1. The summed E-state index contributed by atoms with van der Waals surface area (Å²) in [5.74, 6) is 0.237. The van der Waals surface area contributed by atoms with Crippen LogP contribution in [0.4, 0.5) is 10.5 Å². The Morgan fingerprint density at radius 1 is 1.25 bits per heavy atom. The fourth-order valence-electron chi connectivity index (χ4n) is 4.58. The van der Waals surface area contributed by atoms with Crippen LogP contribution in [0.25, 0.3) is 22.4 Å². The minimum absolute atomic E-state index is 0.186. The number of nitrogens with zero attached hydrogens (tertiary/aromatic N) is 4. The first-order valence-corrected chi connectivity index (χ1v) is 11.4. The highest BCUT2D eigenvalue weighted by molar-refractivity contribution is 6.30. The second-order valence-electron chi connectivity index (χ2n) is 8.62. The zero-order valence-corrected chi connectivity index (χ0v) is 19.8. The van der Waals surface area contributed by atoms with Gasteiger partial charge < -0.3 is 20.4 Å². The third kappa shape index (κ3) is 3.82. The second kappa shape index (κ2) is 8.68. The number of halogens is 1. The molecule has 180 valence electrons. The number of carboxylic acid groups (broad SMARTS) is 1. The molecule has 2 aromatic heterocycles. The van der Waals surface area contributed by atoms with Crippen LogP contribution in [0.5, 0.6) is 0 Å². The summed E-state index contributed by atoms with van der Waals surface area (Å²) in [5.41, 5.74) is 2.57. The zero-order chi connectivity index (χ0) is 25.6. The van der Waals surface area contributed by atoms with Gasteiger partial charge in [-0.05, 0) is 54.8 Å². The van der Waals surface area contributed by atoms with E-state index in [1.165, 1.54) is 13.2 Å². The van der Waals surface area contributed by atoms with E-state index in [9.17, 15) is 20.4 Å². The van der Waals surface area contributed by atoms with Gasteiger partial charge in [-0.3, -0.25) is 4.90 Å². The lowest BCUT2D eigenvalue weighted by Gasteiger charge is -2.20. The Morgan fingerprint density at radius 3 is 2.69 bits per heavy atom. The van der Waals surface area contributed by atoms with Crippen molar-refractivity contribution in [3.05, 3.63) is 93.8 Å². The number of aryl methyl sites for hydroxylation is 1. The minimum Gasteiger partial charge on any atom is -0.618 e. The Morgan fingerprint density at radius 2 is 2.00 bits per heavy atom. The number of benzene rings is 2. The van der Waals surface area contributed by atoms with E-state index in [4.69, 9.17) is 16.7 Å². The molecule has 0 spiro atoms. The molecule has 1 aliphatic rings. The van der Waals surface area contributed by atoms with E-state index >= 15 is 0 Å². The topological polar surface area (TPSA) is 140 Å². The molecule has 1 unspecified atom stereocenters. The third-order valence-electron chi connectivity index (χ3n) is 6.49. The van der Waals surface area contributed by atoms with Gasteiger partial charge in [0, 0.05) is 34.4 Å². The number of aromatic amines is 1. The van der Waals surface area contributed by atoms with Gasteiger partial charge in [-0.15, -0.1) is 0 Å². The molecule has 10 heteroatoms. The molecule has 2 aromatic carbocycles. The van der Waals surface area contributed by atoms with Crippen molar-refractivity contribution in [1.82, 2.24) is 9.97 Å². The fraction of sp³-hybridized carbons (Fsp3) is 0.154. The Kier molecular flexibility index (Phi) is 5.63. The third-order valence-corrected chi connectivity index (χ3v) is 6.73. The van der Waals surface area contributed by atoms with E-state index < -0.39 is 11.7 Å². The van der Waals surface area contributed by atoms with E-state index in [0.717, 1.165) is 10.5 Å². The van der Waals surface area contributed by atoms with Crippen molar-refractivity contribution >= 4 is 23.4 Å². The molecule has 1 aliphatic carbocycles. The van der Waals surface area contributed by atoms with E-state index in [0.29, 0.717) is 49.8 Å². The van der Waals surface area contributed by atoms with Gasteiger partial charge in [0.2, 0.25) is 11.3 Å². The summed E-state index contributed by atoms with van der Waals surface area (Å²) in [7, 11) is 1.45. The van der Waals surface area contributed by atoms with Crippen LogP contribution in [0, 0.1) is 16.5 Å². The molecule has 36 heavy (non-hydrogen) atoms. The fourth-order valence-corrected chi connectivity index (χ4v) is 4.75. The lowest BCUT2D eigenvalue weighted by molar-refractivity contribution is -0.620. The summed E-state index contributed by atoms with van der Waals surface area (Å²) in [4.78, 5) is 19.7. The Balaban J connectivity index is 1.49. The van der Waals surface area contributed by atoms with Crippen molar-refractivity contribution in [2.75, 3.05) is 11.9 Å². The van der Waals surface area contributed by atoms with Crippen molar-refractivity contribution in [1.29, 1.82) is 5.26 Å². The molecule has 0 saturated carbocycles. The van der Waals surface area contributed by atoms with E-state index in [2.05, 4.69) is 16.0 Å². The molecule has 5 rings (SSSR count). The first-order chi connectivity index (χ1) is 17.2. The van der Waals surface area contributed by atoms with Gasteiger partial charge in [0.05, 0.1) is 23.5 Å². The molecular weight excluding hydrogens is 482 g/mol. The quantitative estimate of drug-likeness (QED) is 0.283. The van der Waals surface area contributed by atoms with Gasteiger partial charge in [-0.1, -0.05) is 23.7 Å².